The van der Waals surface area contributed by atoms with Crippen LogP contribution in [0.15, 0.2) is 36.5 Å². The second-order valence-corrected chi connectivity index (χ2v) is 10.2. The largest absolute Gasteiger partial charge is 0.462 e. The van der Waals surface area contributed by atoms with Crippen molar-refractivity contribution in [1.82, 2.24) is 0 Å². The van der Waals surface area contributed by atoms with Crippen LogP contribution in [0.2, 0.25) is 0 Å². The Morgan fingerprint density at radius 2 is 1.05 bits per heavy atom. The Bertz CT molecular complexity index is 623. The second kappa shape index (κ2) is 29.7. The van der Waals surface area contributed by atoms with Crippen molar-refractivity contribution >= 4 is 11.9 Å². The molecule has 0 aromatic heterocycles. The lowest BCUT2D eigenvalue weighted by Gasteiger charge is -2.15. The average molecular weight is 535 g/mol. The molecule has 38 heavy (non-hydrogen) atoms. The molecule has 0 saturated heterocycles. The van der Waals surface area contributed by atoms with E-state index in [0.29, 0.717) is 12.8 Å². The number of carbonyl (C=O) groups is 2. The minimum Gasteiger partial charge on any atom is -0.462 e. The molecule has 0 rings (SSSR count). The van der Waals surface area contributed by atoms with Gasteiger partial charge in [-0.1, -0.05) is 115 Å². The highest BCUT2D eigenvalue weighted by Gasteiger charge is 2.16. The molecule has 0 saturated carbocycles. The third kappa shape index (κ3) is 27.2. The van der Waals surface area contributed by atoms with Gasteiger partial charge in [-0.3, -0.25) is 9.59 Å². The van der Waals surface area contributed by atoms with E-state index in [2.05, 4.69) is 50.3 Å². The van der Waals surface area contributed by atoms with Gasteiger partial charge >= 0.3 is 11.9 Å². The van der Waals surface area contributed by atoms with Crippen molar-refractivity contribution in [2.24, 2.45) is 0 Å². The maximum Gasteiger partial charge on any atom is 0.306 e. The number of rotatable bonds is 27. The maximum absolute atomic E-state index is 12.0. The van der Waals surface area contributed by atoms with Crippen molar-refractivity contribution in [3.63, 3.8) is 0 Å². The number of hydrogen-bond donors (Lipinski definition) is 1. The minimum atomic E-state index is -0.773. The summed E-state index contributed by atoms with van der Waals surface area (Å²) in [6.45, 7) is 4.02. The summed E-state index contributed by atoms with van der Waals surface area (Å²) in [6.07, 6.45) is 33.5. The van der Waals surface area contributed by atoms with Gasteiger partial charge < -0.3 is 14.6 Å². The van der Waals surface area contributed by atoms with Crippen molar-refractivity contribution in [2.45, 2.75) is 148 Å². The van der Waals surface area contributed by atoms with Crippen LogP contribution >= 0.6 is 0 Å². The first-order valence-corrected chi connectivity index (χ1v) is 15.5. The number of hydrogen-bond acceptors (Lipinski definition) is 5. The highest BCUT2D eigenvalue weighted by molar-refractivity contribution is 5.70. The van der Waals surface area contributed by atoms with Gasteiger partial charge in [-0.2, -0.15) is 0 Å². The summed E-state index contributed by atoms with van der Waals surface area (Å²) >= 11 is 0. The predicted octanol–water partition coefficient (Wildman–Crippen LogP) is 8.94. The number of ether oxygens (including phenoxy) is 2. The Morgan fingerprint density at radius 1 is 0.605 bits per heavy atom. The predicted molar refractivity (Wildman–Crippen MR) is 159 cm³/mol. The Hall–Kier alpha value is -1.88. The Labute approximate surface area is 234 Å². The van der Waals surface area contributed by atoms with E-state index < -0.39 is 6.10 Å². The van der Waals surface area contributed by atoms with Gasteiger partial charge in [0.25, 0.3) is 0 Å². The van der Waals surface area contributed by atoms with Crippen LogP contribution in [0.5, 0.6) is 0 Å². The van der Waals surface area contributed by atoms with Crippen molar-refractivity contribution in [2.75, 3.05) is 13.2 Å². The van der Waals surface area contributed by atoms with E-state index in [1.54, 1.807) is 0 Å². The Kier molecular flexibility index (Phi) is 28.2. The molecule has 0 aromatic rings. The molecule has 0 aliphatic rings. The van der Waals surface area contributed by atoms with E-state index in [-0.39, 0.29) is 25.2 Å². The topological polar surface area (TPSA) is 72.8 Å². The van der Waals surface area contributed by atoms with Crippen LogP contribution in [0, 0.1) is 0 Å². The van der Waals surface area contributed by atoms with Crippen molar-refractivity contribution in [1.29, 1.82) is 0 Å². The highest BCUT2D eigenvalue weighted by atomic mass is 16.6. The van der Waals surface area contributed by atoms with Crippen LogP contribution in [0.25, 0.3) is 0 Å². The first-order valence-electron chi connectivity index (χ1n) is 15.5. The molecule has 0 aliphatic heterocycles. The van der Waals surface area contributed by atoms with Crippen LogP contribution in [0.3, 0.4) is 0 Å². The number of carbonyl (C=O) groups excluding carboxylic acids is 2. The molecule has 1 N–H and O–H groups in total. The third-order valence-corrected chi connectivity index (χ3v) is 6.44. The number of aliphatic hydroxyl groups excluding tert-OH is 1. The SMILES string of the molecule is CCCCC/C=C/C/C=C/C/C=C/CCCCCCC(=O)OC[C@H](CO)OC(=O)CCCCCCCCC. The zero-order valence-corrected chi connectivity index (χ0v) is 24.7. The monoisotopic (exact) mass is 534 g/mol. The summed E-state index contributed by atoms with van der Waals surface area (Å²) in [5.41, 5.74) is 0. The first kappa shape index (κ1) is 36.1. The average Bonchev–Trinajstić information content (AvgIpc) is 2.92. The summed E-state index contributed by atoms with van der Waals surface area (Å²) in [5, 5.41) is 9.43. The highest BCUT2D eigenvalue weighted by Crippen LogP contribution is 2.10. The minimum absolute atomic E-state index is 0.0768. The van der Waals surface area contributed by atoms with E-state index in [9.17, 15) is 14.7 Å². The fourth-order valence-electron chi connectivity index (χ4n) is 4.03. The molecule has 1 atom stereocenters. The molecule has 0 fully saturated rings. The zero-order chi connectivity index (χ0) is 27.9. The molecule has 0 heterocycles. The molecule has 0 unspecified atom stereocenters. The Balaban J connectivity index is 3.64. The van der Waals surface area contributed by atoms with E-state index in [1.165, 1.54) is 51.4 Å². The van der Waals surface area contributed by atoms with Gasteiger partial charge in [-0.05, 0) is 51.4 Å². The molecule has 0 spiro atoms. The Morgan fingerprint density at radius 3 is 1.63 bits per heavy atom. The molecule has 0 aromatic carbocycles. The molecular formula is C33H58O5. The lowest BCUT2D eigenvalue weighted by atomic mass is 10.1. The zero-order valence-electron chi connectivity index (χ0n) is 24.7. The van der Waals surface area contributed by atoms with Gasteiger partial charge in [-0.25, -0.2) is 0 Å². The number of esters is 2. The van der Waals surface area contributed by atoms with Gasteiger partial charge in [0.15, 0.2) is 6.10 Å². The molecule has 0 bridgehead atoms. The number of unbranched alkanes of at least 4 members (excludes halogenated alkanes) is 13. The third-order valence-electron chi connectivity index (χ3n) is 6.44. The quantitative estimate of drug-likeness (QED) is 0.0647. The van der Waals surface area contributed by atoms with Crippen LogP contribution in [0.1, 0.15) is 142 Å². The molecular weight excluding hydrogens is 476 g/mol. The molecule has 0 aliphatic carbocycles. The lowest BCUT2D eigenvalue weighted by molar-refractivity contribution is -0.161. The molecule has 220 valence electrons. The van der Waals surface area contributed by atoms with Gasteiger partial charge in [0.05, 0.1) is 6.61 Å². The summed E-state index contributed by atoms with van der Waals surface area (Å²) in [4.78, 5) is 23.9. The van der Waals surface area contributed by atoms with E-state index in [4.69, 9.17) is 9.47 Å². The summed E-state index contributed by atoms with van der Waals surface area (Å²) in [6, 6.07) is 0. The number of allylic oxidation sites excluding steroid dienone is 6. The summed E-state index contributed by atoms with van der Waals surface area (Å²) in [5.74, 6) is -0.627. The normalized spacial score (nSPS) is 12.6. The second-order valence-electron chi connectivity index (χ2n) is 10.2. The fraction of sp³-hybridized carbons (Fsp3) is 0.758. The van der Waals surface area contributed by atoms with Crippen molar-refractivity contribution in [3.8, 4) is 0 Å². The molecule has 0 amide bonds. The molecule has 0 radical (unpaired) electrons. The van der Waals surface area contributed by atoms with Gasteiger partial charge in [0.2, 0.25) is 0 Å². The van der Waals surface area contributed by atoms with Gasteiger partial charge in [-0.15, -0.1) is 0 Å². The van der Waals surface area contributed by atoms with Gasteiger partial charge in [0, 0.05) is 12.8 Å². The first-order chi connectivity index (χ1) is 18.6. The smallest absolute Gasteiger partial charge is 0.306 e. The van der Waals surface area contributed by atoms with E-state index >= 15 is 0 Å². The van der Waals surface area contributed by atoms with Crippen LogP contribution < -0.4 is 0 Å². The maximum atomic E-state index is 12.0. The van der Waals surface area contributed by atoms with Crippen molar-refractivity contribution in [3.05, 3.63) is 36.5 Å². The lowest BCUT2D eigenvalue weighted by Crippen LogP contribution is -2.28. The molecule has 5 nitrogen and oxygen atoms in total. The van der Waals surface area contributed by atoms with Crippen LogP contribution in [-0.4, -0.2) is 36.4 Å². The molecule has 5 heteroatoms. The number of aliphatic hydroxyl groups is 1. The fourth-order valence-corrected chi connectivity index (χ4v) is 4.03. The van der Waals surface area contributed by atoms with Gasteiger partial charge in [0.1, 0.15) is 6.61 Å². The van der Waals surface area contributed by atoms with Crippen molar-refractivity contribution < 1.29 is 24.2 Å². The standard InChI is InChI=1S/C33H58O5/c1-3-5-7-9-11-12-13-14-15-16-17-18-19-20-22-23-25-27-32(35)37-30-31(29-34)38-33(36)28-26-24-21-10-8-6-4-2/h11-12,14-15,17-18,31,34H,3-10,13,16,19-30H2,1-2H3/b12-11+,15-14+,18-17+/t31-/m0/s1. The summed E-state index contributed by atoms with van der Waals surface area (Å²) < 4.78 is 10.5. The van der Waals surface area contributed by atoms with Crippen LogP contribution in [-0.2, 0) is 19.1 Å². The summed E-state index contributed by atoms with van der Waals surface area (Å²) in [7, 11) is 0. The van der Waals surface area contributed by atoms with E-state index in [1.807, 2.05) is 0 Å². The van der Waals surface area contributed by atoms with E-state index in [0.717, 1.165) is 64.2 Å². The van der Waals surface area contributed by atoms with Crippen LogP contribution in [0.4, 0.5) is 0 Å².